The van der Waals surface area contributed by atoms with Crippen LogP contribution in [0.4, 0.5) is 16.2 Å². The van der Waals surface area contributed by atoms with E-state index in [1.54, 1.807) is 25.1 Å². The molecule has 0 saturated carbocycles. The molecule has 11 heteroatoms. The molecule has 29 heavy (non-hydrogen) atoms. The van der Waals surface area contributed by atoms with Crippen molar-refractivity contribution in [1.29, 1.82) is 0 Å². The molecule has 0 bridgehead atoms. The van der Waals surface area contributed by atoms with E-state index in [1.165, 1.54) is 19.1 Å². The van der Waals surface area contributed by atoms with Crippen molar-refractivity contribution in [3.8, 4) is 5.75 Å². The molecule has 2 rings (SSSR count). The molecule has 0 radical (unpaired) electrons. The van der Waals surface area contributed by atoms with E-state index in [2.05, 4.69) is 9.84 Å². The third kappa shape index (κ3) is 4.22. The number of urea groups is 1. The Labute approximate surface area is 165 Å². The van der Waals surface area contributed by atoms with Gasteiger partial charge in [0.1, 0.15) is 17.1 Å². The number of ether oxygens (including phenoxy) is 1. The summed E-state index contributed by atoms with van der Waals surface area (Å²) in [5.41, 5.74) is 4.98. The van der Waals surface area contributed by atoms with Gasteiger partial charge < -0.3 is 20.5 Å². The van der Waals surface area contributed by atoms with E-state index in [0.29, 0.717) is 5.69 Å². The second-order valence-electron chi connectivity index (χ2n) is 6.06. The molecular formula is C18H17N5O6. The van der Waals surface area contributed by atoms with E-state index >= 15 is 0 Å². The number of rotatable bonds is 5. The molecule has 0 aliphatic carbocycles. The topological polar surface area (TPSA) is 147 Å². The number of anilines is 1. The van der Waals surface area contributed by atoms with Crippen LogP contribution in [0.25, 0.3) is 4.85 Å². The van der Waals surface area contributed by atoms with Crippen molar-refractivity contribution in [1.82, 2.24) is 4.90 Å². The molecule has 1 aliphatic rings. The van der Waals surface area contributed by atoms with Crippen LogP contribution in [-0.2, 0) is 14.4 Å². The summed E-state index contributed by atoms with van der Waals surface area (Å²) in [4.78, 5) is 56.3. The largest absolute Gasteiger partial charge is 0.480 e. The lowest BCUT2D eigenvalue weighted by Gasteiger charge is -2.23. The van der Waals surface area contributed by atoms with Gasteiger partial charge in [-0.2, -0.15) is 0 Å². The summed E-state index contributed by atoms with van der Waals surface area (Å²) in [5, 5.41) is 8.88. The quantitative estimate of drug-likeness (QED) is 0.553. The van der Waals surface area contributed by atoms with E-state index in [-0.39, 0.29) is 27.6 Å². The summed E-state index contributed by atoms with van der Waals surface area (Å²) in [6.07, 6.45) is 0. The molecule has 0 unspecified atom stereocenters. The molecule has 1 aliphatic heterocycles. The van der Waals surface area contributed by atoms with Gasteiger partial charge in [-0.05, 0) is 24.6 Å². The van der Waals surface area contributed by atoms with Gasteiger partial charge >= 0.3 is 12.0 Å². The lowest BCUT2D eigenvalue weighted by Crippen LogP contribution is -2.51. The number of carbonyl (C=O) groups is 4. The summed E-state index contributed by atoms with van der Waals surface area (Å²) in [6, 6.07) is 3.29. The van der Waals surface area contributed by atoms with Crippen LogP contribution in [0.15, 0.2) is 34.5 Å². The molecule has 150 valence electrons. The fourth-order valence-electron chi connectivity index (χ4n) is 2.45. The van der Waals surface area contributed by atoms with E-state index in [9.17, 15) is 19.2 Å². The van der Waals surface area contributed by atoms with Crippen molar-refractivity contribution in [3.63, 3.8) is 0 Å². The molecule has 0 fully saturated rings. The summed E-state index contributed by atoms with van der Waals surface area (Å²) < 4.78 is 5.26. The van der Waals surface area contributed by atoms with E-state index < -0.39 is 36.1 Å². The third-order valence-corrected chi connectivity index (χ3v) is 3.90. The monoisotopic (exact) mass is 399 g/mol. The molecule has 3 N–H and O–H groups in total. The number of aliphatic carboxylic acids is 1. The van der Waals surface area contributed by atoms with Crippen molar-refractivity contribution in [2.45, 2.75) is 6.92 Å². The number of hydrogen-bond acceptors (Lipinski definition) is 7. The minimum absolute atomic E-state index is 0.0339. The number of benzene rings is 1. The first-order valence-electron chi connectivity index (χ1n) is 8.10. The zero-order chi connectivity index (χ0) is 21.9. The minimum atomic E-state index is -1.34. The van der Waals surface area contributed by atoms with Crippen molar-refractivity contribution in [2.75, 3.05) is 25.6 Å². The number of nitrogens with zero attached hydrogens (tertiary/aromatic N) is 4. The van der Waals surface area contributed by atoms with Gasteiger partial charge in [0.05, 0.1) is 6.57 Å². The van der Waals surface area contributed by atoms with Gasteiger partial charge in [0, 0.05) is 25.8 Å². The zero-order valence-corrected chi connectivity index (χ0v) is 15.8. The molecule has 1 aromatic rings. The number of imide groups is 3. The predicted molar refractivity (Wildman–Crippen MR) is 102 cm³/mol. The Bertz CT molecular complexity index is 1020. The lowest BCUT2D eigenvalue weighted by molar-refractivity contribution is -0.139. The minimum Gasteiger partial charge on any atom is -0.480 e. The number of hydrogen-bond donors (Lipinski definition) is 2. The molecule has 4 amide bonds. The van der Waals surface area contributed by atoms with Gasteiger partial charge in [-0.3, -0.25) is 9.59 Å². The van der Waals surface area contributed by atoms with Crippen molar-refractivity contribution in [2.24, 2.45) is 10.7 Å². The smallest absolute Gasteiger partial charge is 0.341 e. The standard InChI is InChI=1S/C18H17N5O6/c1-9-14(20-2)16(26)23(18(19)28)17(27)15(9)21-11-6-5-10(22(3)4)7-12(11)29-8-13(24)25/h5-7H,8H2,1,3-4H3,(H2,19,28)(H,24,25). The maximum atomic E-state index is 12.6. The molecular weight excluding hydrogens is 382 g/mol. The lowest BCUT2D eigenvalue weighted by atomic mass is 10.0. The van der Waals surface area contributed by atoms with Crippen LogP contribution in [0.1, 0.15) is 6.92 Å². The summed E-state index contributed by atoms with van der Waals surface area (Å²) in [6.45, 7) is 7.84. The number of amides is 4. The number of carboxylic acids is 1. The van der Waals surface area contributed by atoms with E-state index in [1.807, 2.05) is 0 Å². The van der Waals surface area contributed by atoms with Crippen molar-refractivity contribution in [3.05, 3.63) is 40.9 Å². The Balaban J connectivity index is 2.66. The number of aliphatic imine (C=N–C) groups is 1. The molecule has 11 nitrogen and oxygen atoms in total. The molecule has 0 aromatic heterocycles. The van der Waals surface area contributed by atoms with Gasteiger partial charge in [0.15, 0.2) is 6.61 Å². The number of nitrogens with two attached hydrogens (primary N) is 1. The van der Waals surface area contributed by atoms with E-state index in [0.717, 1.165) is 0 Å². The average molecular weight is 399 g/mol. The Morgan fingerprint density at radius 2 is 1.97 bits per heavy atom. The second kappa shape index (κ2) is 8.22. The fourth-order valence-corrected chi connectivity index (χ4v) is 2.45. The average Bonchev–Trinajstić information content (AvgIpc) is 2.63. The van der Waals surface area contributed by atoms with Crippen LogP contribution in [-0.4, -0.2) is 60.2 Å². The first-order valence-corrected chi connectivity index (χ1v) is 8.10. The predicted octanol–water partition coefficient (Wildman–Crippen LogP) is 0.929. The first-order chi connectivity index (χ1) is 13.6. The Hall–Kier alpha value is -4.20. The first kappa shape index (κ1) is 21.1. The van der Waals surface area contributed by atoms with Crippen LogP contribution in [0, 0.1) is 6.57 Å². The summed E-state index contributed by atoms with van der Waals surface area (Å²) in [7, 11) is 3.52. The highest BCUT2D eigenvalue weighted by atomic mass is 16.5. The summed E-state index contributed by atoms with van der Waals surface area (Å²) >= 11 is 0. The van der Waals surface area contributed by atoms with Crippen molar-refractivity contribution >= 4 is 40.9 Å². The normalized spacial score (nSPS) is 15.4. The van der Waals surface area contributed by atoms with Crippen LogP contribution < -0.4 is 15.4 Å². The maximum absolute atomic E-state index is 12.6. The highest BCUT2D eigenvalue weighted by Crippen LogP contribution is 2.33. The van der Waals surface area contributed by atoms with Gasteiger partial charge in [0.2, 0.25) is 0 Å². The van der Waals surface area contributed by atoms with Gasteiger partial charge in [-0.1, -0.05) is 0 Å². The Kier molecular flexibility index (Phi) is 5.98. The van der Waals surface area contributed by atoms with Crippen LogP contribution in [0.5, 0.6) is 5.75 Å². The van der Waals surface area contributed by atoms with Gasteiger partial charge in [-0.25, -0.2) is 24.3 Å². The van der Waals surface area contributed by atoms with Crippen LogP contribution in [0.3, 0.4) is 0 Å². The third-order valence-electron chi connectivity index (χ3n) is 3.90. The van der Waals surface area contributed by atoms with Gasteiger partial charge in [0.25, 0.3) is 17.5 Å². The highest BCUT2D eigenvalue weighted by Gasteiger charge is 2.40. The zero-order valence-electron chi connectivity index (χ0n) is 15.8. The van der Waals surface area contributed by atoms with E-state index in [4.69, 9.17) is 22.1 Å². The van der Waals surface area contributed by atoms with Crippen molar-refractivity contribution < 1.29 is 29.0 Å². The number of carbonyl (C=O) groups excluding carboxylic acids is 3. The summed E-state index contributed by atoms with van der Waals surface area (Å²) in [5.74, 6) is -3.38. The maximum Gasteiger partial charge on any atom is 0.341 e. The molecule has 0 atom stereocenters. The van der Waals surface area contributed by atoms with Gasteiger partial charge in [-0.15, -0.1) is 0 Å². The second-order valence-corrected chi connectivity index (χ2v) is 6.06. The van der Waals surface area contributed by atoms with Crippen LogP contribution in [0.2, 0.25) is 0 Å². The molecule has 0 spiro atoms. The highest BCUT2D eigenvalue weighted by molar-refractivity contribution is 6.53. The SMILES string of the molecule is [C-]#[N+]C1=C(C)C(=Nc2ccc(N(C)C)cc2OCC(=O)O)C(=O)N(C(N)=O)C1=O. The molecule has 0 saturated heterocycles. The van der Waals surface area contributed by atoms with Crippen LogP contribution >= 0.6 is 0 Å². The Morgan fingerprint density at radius 1 is 1.31 bits per heavy atom. The number of primary amides is 1. The fraction of sp³-hybridized carbons (Fsp3) is 0.222. The molecule has 1 aromatic carbocycles. The molecule has 1 heterocycles. The Morgan fingerprint density at radius 3 is 2.48 bits per heavy atom. The number of carboxylic acid groups (broad SMARTS) is 1.